The van der Waals surface area contributed by atoms with Gasteiger partial charge in [0.1, 0.15) is 0 Å². The average molecular weight is 461 g/mol. The predicted molar refractivity (Wildman–Crippen MR) is 123 cm³/mol. The number of piperazine rings is 1. The lowest BCUT2D eigenvalue weighted by molar-refractivity contribution is 0.114. The number of aliphatic hydroxyl groups excluding tert-OH is 1. The maximum absolute atomic E-state index is 9.04. The number of nitrogens with one attached hydrogen (secondary N) is 2. The molecule has 5 nitrogen and oxygen atoms in total. The Bertz CT molecular complexity index is 815. The van der Waals surface area contributed by atoms with Crippen LogP contribution in [-0.4, -0.2) is 72.3 Å². The number of aliphatic hydroxyl groups is 1. The number of hydrogen-bond acceptors (Lipinski definition) is 4. The molecule has 6 heteroatoms. The molecular formula is C23H33BrN4O. The number of H-pyrrole nitrogens is 1. The second kappa shape index (κ2) is 10.1. The Morgan fingerprint density at radius 1 is 1.10 bits per heavy atom. The van der Waals surface area contributed by atoms with E-state index in [2.05, 4.69) is 66.6 Å². The summed E-state index contributed by atoms with van der Waals surface area (Å²) in [6.45, 7) is 7.58. The molecule has 0 bridgehead atoms. The van der Waals surface area contributed by atoms with Crippen molar-refractivity contribution in [1.82, 2.24) is 20.1 Å². The maximum Gasteiger partial charge on any atom is 0.0558 e. The Morgan fingerprint density at radius 3 is 2.55 bits per heavy atom. The highest BCUT2D eigenvalue weighted by atomic mass is 79.9. The number of nitrogens with zero attached hydrogens (tertiary/aromatic N) is 2. The Labute approximate surface area is 182 Å². The lowest BCUT2D eigenvalue weighted by Crippen LogP contribution is -2.48. The first-order valence-corrected chi connectivity index (χ1v) is 11.8. The van der Waals surface area contributed by atoms with Crippen LogP contribution in [0.15, 0.2) is 40.6 Å². The van der Waals surface area contributed by atoms with E-state index >= 15 is 0 Å². The first-order valence-electron chi connectivity index (χ1n) is 11.0. The zero-order valence-corrected chi connectivity index (χ0v) is 18.8. The molecule has 4 rings (SSSR count). The molecule has 2 fully saturated rings. The van der Waals surface area contributed by atoms with Gasteiger partial charge in [-0.05, 0) is 55.5 Å². The molecule has 29 heavy (non-hydrogen) atoms. The molecule has 0 spiro atoms. The van der Waals surface area contributed by atoms with Gasteiger partial charge in [-0.25, -0.2) is 0 Å². The van der Waals surface area contributed by atoms with Crippen molar-refractivity contribution in [2.45, 2.75) is 31.6 Å². The van der Waals surface area contributed by atoms with Gasteiger partial charge in [0.2, 0.25) is 0 Å². The van der Waals surface area contributed by atoms with Crippen LogP contribution in [0.5, 0.6) is 0 Å². The molecule has 0 atom stereocenters. The third-order valence-corrected chi connectivity index (χ3v) is 7.17. The van der Waals surface area contributed by atoms with Crippen LogP contribution in [0.4, 0.5) is 0 Å². The van der Waals surface area contributed by atoms with Crippen molar-refractivity contribution in [2.24, 2.45) is 0 Å². The van der Waals surface area contributed by atoms with E-state index in [0.29, 0.717) is 5.92 Å². The summed E-state index contributed by atoms with van der Waals surface area (Å²) in [6, 6.07) is 6.40. The van der Waals surface area contributed by atoms with Crippen LogP contribution in [0.3, 0.4) is 0 Å². The third-order valence-electron chi connectivity index (χ3n) is 6.51. The maximum atomic E-state index is 9.04. The molecule has 1 aromatic carbocycles. The van der Waals surface area contributed by atoms with Crippen LogP contribution >= 0.6 is 15.9 Å². The molecule has 158 valence electrons. The van der Waals surface area contributed by atoms with Crippen molar-refractivity contribution in [3.05, 3.63) is 46.2 Å². The quantitative estimate of drug-likeness (QED) is 0.551. The Balaban J connectivity index is 1.20. The summed E-state index contributed by atoms with van der Waals surface area (Å²) in [7, 11) is 0. The highest BCUT2D eigenvalue weighted by molar-refractivity contribution is 9.10. The van der Waals surface area contributed by atoms with Gasteiger partial charge in [-0.2, -0.15) is 0 Å². The molecule has 1 saturated carbocycles. The topological polar surface area (TPSA) is 54.5 Å². The molecule has 2 aromatic rings. The standard InChI is InChI=1S/C23H33BrN4O/c24-21-2-1-3-22-23(21)20(17-26-22)19-6-4-18(5-7-19)16-25-8-9-27-10-12-28(13-11-27)14-15-29/h1-3,16-17,19,25-26,29H,4-15H2. The second-order valence-corrected chi connectivity index (χ2v) is 9.20. The number of halogens is 1. The van der Waals surface area contributed by atoms with Gasteiger partial charge in [0.25, 0.3) is 0 Å². The fraction of sp³-hybridized carbons (Fsp3) is 0.565. The van der Waals surface area contributed by atoms with Gasteiger partial charge < -0.3 is 15.4 Å². The van der Waals surface area contributed by atoms with Gasteiger partial charge in [-0.1, -0.05) is 27.6 Å². The van der Waals surface area contributed by atoms with E-state index in [1.165, 1.54) is 46.6 Å². The van der Waals surface area contributed by atoms with Gasteiger partial charge in [0, 0.05) is 67.4 Å². The normalized spacial score (nSPS) is 21.6. The SMILES string of the molecule is OCCN1CCN(CCNC=C2CCC(c3c[nH]c4cccc(Br)c34)CC2)CC1. The number of fused-ring (bicyclic) bond motifs is 1. The minimum Gasteiger partial charge on any atom is -0.395 e. The number of rotatable bonds is 7. The second-order valence-electron chi connectivity index (χ2n) is 8.34. The average Bonchev–Trinajstić information content (AvgIpc) is 3.19. The number of β-amino-alcohol motifs (C(OH)–C–C–N with tert-alkyl or cyclic N) is 1. The molecule has 1 aliphatic carbocycles. The largest absolute Gasteiger partial charge is 0.395 e. The summed E-state index contributed by atoms with van der Waals surface area (Å²) in [6.07, 6.45) is 9.34. The smallest absolute Gasteiger partial charge is 0.0558 e. The van der Waals surface area contributed by atoms with Crippen molar-refractivity contribution in [1.29, 1.82) is 0 Å². The summed E-state index contributed by atoms with van der Waals surface area (Å²) in [5.74, 6) is 0.648. The molecule has 1 aromatic heterocycles. The monoisotopic (exact) mass is 460 g/mol. The predicted octanol–water partition coefficient (Wildman–Crippen LogP) is 3.67. The van der Waals surface area contributed by atoms with E-state index in [0.717, 1.165) is 45.8 Å². The van der Waals surface area contributed by atoms with Crippen LogP contribution in [0, 0.1) is 0 Å². The van der Waals surface area contributed by atoms with Crippen LogP contribution in [-0.2, 0) is 0 Å². The number of hydrogen-bond donors (Lipinski definition) is 3. The summed E-state index contributed by atoms with van der Waals surface area (Å²) in [5.41, 5.74) is 4.27. The molecular weight excluding hydrogens is 428 g/mol. The number of benzene rings is 1. The van der Waals surface area contributed by atoms with Gasteiger partial charge >= 0.3 is 0 Å². The zero-order chi connectivity index (χ0) is 20.1. The molecule has 0 unspecified atom stereocenters. The minimum atomic E-state index is 0.271. The van der Waals surface area contributed by atoms with Crippen LogP contribution in [0.25, 0.3) is 10.9 Å². The number of allylic oxidation sites excluding steroid dienone is 1. The molecule has 1 aliphatic heterocycles. The molecule has 3 N–H and O–H groups in total. The molecule has 0 radical (unpaired) electrons. The fourth-order valence-electron chi connectivity index (χ4n) is 4.75. The highest BCUT2D eigenvalue weighted by Gasteiger charge is 2.22. The van der Waals surface area contributed by atoms with Crippen molar-refractivity contribution in [3.8, 4) is 0 Å². The van der Waals surface area contributed by atoms with Gasteiger partial charge in [-0.15, -0.1) is 0 Å². The highest BCUT2D eigenvalue weighted by Crippen LogP contribution is 2.40. The zero-order valence-electron chi connectivity index (χ0n) is 17.2. The van der Waals surface area contributed by atoms with Crippen LogP contribution in [0.2, 0.25) is 0 Å². The van der Waals surface area contributed by atoms with Crippen molar-refractivity contribution in [2.75, 3.05) is 52.4 Å². The van der Waals surface area contributed by atoms with Gasteiger partial charge in [0.05, 0.1) is 6.61 Å². The first-order chi connectivity index (χ1) is 14.2. The molecule has 2 aliphatic rings. The Hall–Kier alpha value is -1.34. The van der Waals surface area contributed by atoms with Crippen LogP contribution in [0.1, 0.15) is 37.2 Å². The Morgan fingerprint density at radius 2 is 1.83 bits per heavy atom. The van der Waals surface area contributed by atoms with Crippen molar-refractivity contribution >= 4 is 26.8 Å². The summed E-state index contributed by atoms with van der Waals surface area (Å²) >= 11 is 3.73. The fourth-order valence-corrected chi connectivity index (χ4v) is 5.34. The summed E-state index contributed by atoms with van der Waals surface area (Å²) in [4.78, 5) is 8.31. The third kappa shape index (κ3) is 5.23. The van der Waals surface area contributed by atoms with E-state index in [4.69, 9.17) is 5.11 Å². The first kappa shape index (κ1) is 20.9. The molecule has 2 heterocycles. The summed E-state index contributed by atoms with van der Waals surface area (Å²) < 4.78 is 1.20. The van der Waals surface area contributed by atoms with E-state index in [-0.39, 0.29) is 6.61 Å². The molecule has 1 saturated heterocycles. The van der Waals surface area contributed by atoms with Gasteiger partial charge in [0.15, 0.2) is 0 Å². The Kier molecular flexibility index (Phi) is 7.29. The number of aromatic nitrogens is 1. The van der Waals surface area contributed by atoms with Crippen molar-refractivity contribution < 1.29 is 5.11 Å². The van der Waals surface area contributed by atoms with E-state index in [1.807, 2.05) is 0 Å². The van der Waals surface area contributed by atoms with Gasteiger partial charge in [-0.3, -0.25) is 9.80 Å². The van der Waals surface area contributed by atoms with Crippen LogP contribution < -0.4 is 5.32 Å². The van der Waals surface area contributed by atoms with E-state index in [1.54, 1.807) is 5.57 Å². The summed E-state index contributed by atoms with van der Waals surface area (Å²) in [5, 5.41) is 14.0. The van der Waals surface area contributed by atoms with E-state index < -0.39 is 0 Å². The van der Waals surface area contributed by atoms with E-state index in [9.17, 15) is 0 Å². The number of aromatic amines is 1. The molecule has 0 amide bonds. The lowest BCUT2D eigenvalue weighted by Gasteiger charge is -2.34. The van der Waals surface area contributed by atoms with Crippen molar-refractivity contribution in [3.63, 3.8) is 0 Å². The lowest BCUT2D eigenvalue weighted by atomic mass is 9.82. The minimum absolute atomic E-state index is 0.271.